The molecular formula is C16H17N3O6. The molecule has 0 spiro atoms. The highest BCUT2D eigenvalue weighted by molar-refractivity contribution is 6.22. The zero-order valence-corrected chi connectivity index (χ0v) is 13.7. The lowest BCUT2D eigenvalue weighted by molar-refractivity contribution is -0.148. The maximum atomic E-state index is 12.1. The van der Waals surface area contributed by atoms with E-state index in [1.807, 2.05) is 5.32 Å². The molecule has 1 aromatic carbocycles. The van der Waals surface area contributed by atoms with E-state index in [9.17, 15) is 24.0 Å². The Morgan fingerprint density at radius 1 is 1.08 bits per heavy atom. The molecule has 0 fully saturated rings. The zero-order valence-electron chi connectivity index (χ0n) is 13.7. The van der Waals surface area contributed by atoms with Gasteiger partial charge in [-0.15, -0.1) is 0 Å². The highest BCUT2D eigenvalue weighted by atomic mass is 16.5. The smallest absolute Gasteiger partial charge is 0.326 e. The van der Waals surface area contributed by atoms with Crippen molar-refractivity contribution in [1.29, 1.82) is 0 Å². The number of amides is 5. The van der Waals surface area contributed by atoms with Gasteiger partial charge in [-0.1, -0.05) is 12.1 Å². The minimum Gasteiger partial charge on any atom is -0.454 e. The lowest BCUT2D eigenvalue weighted by Gasteiger charge is -2.13. The van der Waals surface area contributed by atoms with Crippen LogP contribution < -0.4 is 10.6 Å². The Balaban J connectivity index is 1.83. The summed E-state index contributed by atoms with van der Waals surface area (Å²) >= 11 is 0. The molecule has 0 atom stereocenters. The summed E-state index contributed by atoms with van der Waals surface area (Å²) in [6.45, 7) is 2.11. The van der Waals surface area contributed by atoms with Crippen molar-refractivity contribution < 1.29 is 28.7 Å². The van der Waals surface area contributed by atoms with Crippen LogP contribution in [0, 0.1) is 0 Å². The summed E-state index contributed by atoms with van der Waals surface area (Å²) in [6, 6.07) is 5.32. The number of imide groups is 2. The lowest BCUT2D eigenvalue weighted by atomic mass is 10.1. The average molecular weight is 347 g/mol. The summed E-state index contributed by atoms with van der Waals surface area (Å²) in [7, 11) is 0. The second kappa shape index (κ2) is 7.56. The van der Waals surface area contributed by atoms with Gasteiger partial charge in [0.1, 0.15) is 6.54 Å². The summed E-state index contributed by atoms with van der Waals surface area (Å²) in [6.07, 6.45) is 0. The van der Waals surface area contributed by atoms with Gasteiger partial charge in [-0.3, -0.25) is 29.4 Å². The normalized spacial score (nSPS) is 12.8. The molecule has 0 radical (unpaired) electrons. The number of esters is 1. The van der Waals surface area contributed by atoms with E-state index in [-0.39, 0.29) is 17.2 Å². The first-order chi connectivity index (χ1) is 11.8. The van der Waals surface area contributed by atoms with Crippen molar-refractivity contribution in [3.63, 3.8) is 0 Å². The summed E-state index contributed by atoms with van der Waals surface area (Å²) in [5, 5.41) is 4.41. The Morgan fingerprint density at radius 2 is 1.64 bits per heavy atom. The van der Waals surface area contributed by atoms with Gasteiger partial charge in [0.2, 0.25) is 0 Å². The molecule has 1 aromatic rings. The molecule has 0 aromatic heterocycles. The van der Waals surface area contributed by atoms with Crippen LogP contribution in [0.3, 0.4) is 0 Å². The third kappa shape index (κ3) is 4.40. The minimum absolute atomic E-state index is 0.163. The molecule has 0 saturated heterocycles. The van der Waals surface area contributed by atoms with Crippen LogP contribution in [0.1, 0.15) is 34.6 Å². The van der Waals surface area contributed by atoms with Crippen LogP contribution in [0.2, 0.25) is 0 Å². The van der Waals surface area contributed by atoms with Crippen LogP contribution in [0.15, 0.2) is 24.3 Å². The number of rotatable bonds is 5. The van der Waals surface area contributed by atoms with Gasteiger partial charge in [0.05, 0.1) is 11.1 Å². The first-order valence-electron chi connectivity index (χ1n) is 7.50. The first kappa shape index (κ1) is 18.1. The molecular weight excluding hydrogens is 330 g/mol. The lowest BCUT2D eigenvalue weighted by Crippen LogP contribution is -2.44. The quantitative estimate of drug-likeness (QED) is 0.574. The Labute approximate surface area is 143 Å². The molecule has 25 heavy (non-hydrogen) atoms. The fourth-order valence-corrected chi connectivity index (χ4v) is 2.16. The molecule has 2 rings (SSSR count). The fraction of sp³-hybridized carbons (Fsp3) is 0.312. The number of nitrogens with one attached hydrogen (secondary N) is 2. The molecule has 1 heterocycles. The van der Waals surface area contributed by atoms with E-state index < -0.39 is 42.9 Å². The van der Waals surface area contributed by atoms with Gasteiger partial charge >= 0.3 is 12.0 Å². The van der Waals surface area contributed by atoms with Gasteiger partial charge < -0.3 is 10.1 Å². The Morgan fingerprint density at radius 3 is 2.16 bits per heavy atom. The number of hydrogen-bond acceptors (Lipinski definition) is 6. The van der Waals surface area contributed by atoms with Crippen LogP contribution in [0.25, 0.3) is 0 Å². The molecule has 9 heteroatoms. The van der Waals surface area contributed by atoms with E-state index in [0.29, 0.717) is 0 Å². The standard InChI is InChI=1S/C16H17N3O6/c1-9(2)17-16(24)18-12(20)8-25-13(21)7-19-14(22)10-5-3-4-6-11(10)15(19)23/h3-6,9H,7-8H2,1-2H3,(H2,17,18,20,24). The Bertz CT molecular complexity index is 708. The number of ether oxygens (including phenoxy) is 1. The molecule has 0 saturated carbocycles. The van der Waals surface area contributed by atoms with Gasteiger partial charge in [-0.25, -0.2) is 4.79 Å². The number of hydrogen-bond donors (Lipinski definition) is 2. The molecule has 1 aliphatic heterocycles. The van der Waals surface area contributed by atoms with Crippen molar-refractivity contribution in [3.8, 4) is 0 Å². The van der Waals surface area contributed by atoms with Crippen molar-refractivity contribution in [2.24, 2.45) is 0 Å². The molecule has 0 aliphatic carbocycles. The SMILES string of the molecule is CC(C)NC(=O)NC(=O)COC(=O)CN1C(=O)c2ccccc2C1=O. The molecule has 1 aliphatic rings. The molecule has 5 amide bonds. The van der Waals surface area contributed by atoms with Gasteiger partial charge in [0, 0.05) is 6.04 Å². The Kier molecular flexibility index (Phi) is 5.48. The van der Waals surface area contributed by atoms with Crippen molar-refractivity contribution >= 4 is 29.7 Å². The minimum atomic E-state index is -0.936. The highest BCUT2D eigenvalue weighted by Gasteiger charge is 2.36. The summed E-state index contributed by atoms with van der Waals surface area (Å²) in [5.41, 5.74) is 0.423. The van der Waals surface area contributed by atoms with Crippen molar-refractivity contribution in [2.45, 2.75) is 19.9 Å². The van der Waals surface area contributed by atoms with Gasteiger partial charge in [-0.05, 0) is 26.0 Å². The number of nitrogens with zero attached hydrogens (tertiary/aromatic N) is 1. The molecule has 9 nitrogen and oxygen atoms in total. The summed E-state index contributed by atoms with van der Waals surface area (Å²) in [4.78, 5) is 59.5. The van der Waals surface area contributed by atoms with E-state index in [0.717, 1.165) is 4.90 Å². The van der Waals surface area contributed by atoms with Gasteiger partial charge in [0.25, 0.3) is 17.7 Å². The summed E-state index contributed by atoms with van der Waals surface area (Å²) < 4.78 is 4.69. The predicted molar refractivity (Wildman–Crippen MR) is 84.6 cm³/mol. The second-order valence-electron chi connectivity index (χ2n) is 5.58. The number of carbonyl (C=O) groups is 5. The molecule has 2 N–H and O–H groups in total. The highest BCUT2D eigenvalue weighted by Crippen LogP contribution is 2.21. The maximum Gasteiger partial charge on any atom is 0.326 e. The topological polar surface area (TPSA) is 122 Å². The van der Waals surface area contributed by atoms with E-state index >= 15 is 0 Å². The van der Waals surface area contributed by atoms with Crippen LogP contribution in [0.5, 0.6) is 0 Å². The van der Waals surface area contributed by atoms with Gasteiger partial charge in [0.15, 0.2) is 6.61 Å². The third-order valence-corrected chi connectivity index (χ3v) is 3.20. The molecule has 132 valence electrons. The fourth-order valence-electron chi connectivity index (χ4n) is 2.16. The van der Waals surface area contributed by atoms with Crippen LogP contribution in [-0.4, -0.2) is 53.8 Å². The average Bonchev–Trinajstić information content (AvgIpc) is 2.77. The van der Waals surface area contributed by atoms with Crippen LogP contribution >= 0.6 is 0 Å². The number of fused-ring (bicyclic) bond motifs is 1. The van der Waals surface area contributed by atoms with E-state index in [4.69, 9.17) is 4.74 Å². The van der Waals surface area contributed by atoms with Crippen molar-refractivity contribution in [3.05, 3.63) is 35.4 Å². The van der Waals surface area contributed by atoms with Gasteiger partial charge in [-0.2, -0.15) is 0 Å². The second-order valence-corrected chi connectivity index (χ2v) is 5.58. The number of benzene rings is 1. The maximum absolute atomic E-state index is 12.1. The summed E-state index contributed by atoms with van der Waals surface area (Å²) in [5.74, 6) is -2.96. The van der Waals surface area contributed by atoms with Crippen molar-refractivity contribution in [1.82, 2.24) is 15.5 Å². The van der Waals surface area contributed by atoms with E-state index in [2.05, 4.69) is 5.32 Å². The first-order valence-corrected chi connectivity index (χ1v) is 7.50. The third-order valence-electron chi connectivity index (χ3n) is 3.20. The predicted octanol–water partition coefficient (Wildman–Crippen LogP) is 0.0600. The van der Waals surface area contributed by atoms with E-state index in [1.165, 1.54) is 12.1 Å². The van der Waals surface area contributed by atoms with Crippen LogP contribution in [0.4, 0.5) is 4.79 Å². The molecule has 0 bridgehead atoms. The molecule has 0 unspecified atom stereocenters. The number of carbonyl (C=O) groups excluding carboxylic acids is 5. The zero-order chi connectivity index (χ0) is 18.6. The largest absolute Gasteiger partial charge is 0.454 e. The van der Waals surface area contributed by atoms with E-state index in [1.54, 1.807) is 26.0 Å². The number of urea groups is 1. The Hall–Kier alpha value is -3.23. The monoisotopic (exact) mass is 347 g/mol. The van der Waals surface area contributed by atoms with Crippen LogP contribution in [-0.2, 0) is 14.3 Å². The van der Waals surface area contributed by atoms with Crippen molar-refractivity contribution in [2.75, 3.05) is 13.2 Å².